The average Bonchev–Trinajstić information content (AvgIpc) is 2.53. The summed E-state index contributed by atoms with van der Waals surface area (Å²) in [6, 6.07) is 6.67. The van der Waals surface area contributed by atoms with Crippen LogP contribution in [0.25, 0.3) is 0 Å². The second-order valence-electron chi connectivity index (χ2n) is 6.22. The van der Waals surface area contributed by atoms with E-state index in [1.807, 2.05) is 6.07 Å². The van der Waals surface area contributed by atoms with E-state index in [4.69, 9.17) is 4.74 Å². The summed E-state index contributed by atoms with van der Waals surface area (Å²) in [6.07, 6.45) is 2.30. The Labute approximate surface area is 130 Å². The molecule has 1 amide bonds. The number of rotatable bonds is 4. The van der Waals surface area contributed by atoms with Gasteiger partial charge in [-0.15, -0.1) is 0 Å². The van der Waals surface area contributed by atoms with Crippen LogP contribution in [0, 0.1) is 11.7 Å². The van der Waals surface area contributed by atoms with Crippen molar-refractivity contribution in [2.24, 2.45) is 5.92 Å². The summed E-state index contributed by atoms with van der Waals surface area (Å²) in [5.74, 6) is 0.392. The number of nitrogens with zero attached hydrogens (tertiary/aromatic N) is 2. The molecule has 4 nitrogen and oxygen atoms in total. The number of hydrogen-bond acceptors (Lipinski definition) is 3. The molecular formula is C17H23FN2O2. The van der Waals surface area contributed by atoms with Crippen LogP contribution in [-0.4, -0.2) is 55.1 Å². The third-order valence-corrected chi connectivity index (χ3v) is 4.49. The quantitative estimate of drug-likeness (QED) is 0.852. The fraction of sp³-hybridized carbons (Fsp3) is 0.588. The summed E-state index contributed by atoms with van der Waals surface area (Å²) in [5.41, 5.74) is 0.588. The number of carbonyl (C=O) groups excluding carboxylic acids is 1. The van der Waals surface area contributed by atoms with Crippen LogP contribution in [-0.2, 0) is 16.1 Å². The van der Waals surface area contributed by atoms with Gasteiger partial charge in [-0.3, -0.25) is 9.69 Å². The van der Waals surface area contributed by atoms with Crippen molar-refractivity contribution in [1.82, 2.24) is 9.80 Å². The molecule has 0 bridgehead atoms. The first-order valence-corrected chi connectivity index (χ1v) is 8.03. The molecule has 0 N–H and O–H groups in total. The second kappa shape index (κ2) is 7.20. The predicted molar refractivity (Wildman–Crippen MR) is 81.8 cm³/mol. The lowest BCUT2D eigenvalue weighted by Gasteiger charge is -2.36. The van der Waals surface area contributed by atoms with E-state index in [2.05, 4.69) is 4.90 Å². The van der Waals surface area contributed by atoms with E-state index in [0.717, 1.165) is 32.7 Å². The second-order valence-corrected chi connectivity index (χ2v) is 6.22. The van der Waals surface area contributed by atoms with Crippen LogP contribution in [0.4, 0.5) is 4.39 Å². The van der Waals surface area contributed by atoms with Crippen molar-refractivity contribution in [3.8, 4) is 0 Å². The molecular weight excluding hydrogens is 283 g/mol. The van der Waals surface area contributed by atoms with Gasteiger partial charge in [0, 0.05) is 38.3 Å². The molecule has 22 heavy (non-hydrogen) atoms. The van der Waals surface area contributed by atoms with Crippen molar-refractivity contribution in [2.45, 2.75) is 19.4 Å². The van der Waals surface area contributed by atoms with Crippen molar-refractivity contribution < 1.29 is 13.9 Å². The van der Waals surface area contributed by atoms with E-state index in [0.29, 0.717) is 31.1 Å². The molecule has 2 saturated heterocycles. The third kappa shape index (κ3) is 3.84. The van der Waals surface area contributed by atoms with E-state index in [1.165, 1.54) is 12.5 Å². The zero-order valence-corrected chi connectivity index (χ0v) is 12.8. The average molecular weight is 306 g/mol. The molecule has 3 rings (SSSR count). The zero-order valence-electron chi connectivity index (χ0n) is 12.8. The Morgan fingerprint density at radius 1 is 1.27 bits per heavy atom. The van der Waals surface area contributed by atoms with Crippen molar-refractivity contribution in [3.63, 3.8) is 0 Å². The highest BCUT2D eigenvalue weighted by molar-refractivity contribution is 5.79. The minimum Gasteiger partial charge on any atom is -0.381 e. The van der Waals surface area contributed by atoms with Crippen LogP contribution in [0.5, 0.6) is 0 Å². The fourth-order valence-corrected chi connectivity index (χ4v) is 3.23. The molecule has 0 spiro atoms. The van der Waals surface area contributed by atoms with Gasteiger partial charge in [0.05, 0.1) is 13.2 Å². The van der Waals surface area contributed by atoms with Crippen molar-refractivity contribution in [3.05, 3.63) is 35.6 Å². The molecule has 2 aliphatic heterocycles. The number of halogens is 1. The Hall–Kier alpha value is -1.46. The highest BCUT2D eigenvalue weighted by atomic mass is 19.1. The van der Waals surface area contributed by atoms with Crippen LogP contribution in [0.1, 0.15) is 18.4 Å². The van der Waals surface area contributed by atoms with Gasteiger partial charge in [0.15, 0.2) is 0 Å². The molecule has 120 valence electrons. The molecule has 0 aliphatic carbocycles. The monoisotopic (exact) mass is 306 g/mol. The SMILES string of the molecule is O=C1CN(CC2CCCOC2)CCN1Cc1ccccc1F. The maximum atomic E-state index is 13.7. The predicted octanol–water partition coefficient (Wildman–Crippen LogP) is 1.90. The summed E-state index contributed by atoms with van der Waals surface area (Å²) in [7, 11) is 0. The molecule has 0 radical (unpaired) electrons. The first-order valence-electron chi connectivity index (χ1n) is 8.03. The summed E-state index contributed by atoms with van der Waals surface area (Å²) in [6.45, 7) is 4.93. The van der Waals surface area contributed by atoms with Crippen molar-refractivity contribution in [2.75, 3.05) is 39.4 Å². The number of benzene rings is 1. The van der Waals surface area contributed by atoms with E-state index >= 15 is 0 Å². The first-order chi connectivity index (χ1) is 10.7. The van der Waals surface area contributed by atoms with Gasteiger partial charge in [-0.1, -0.05) is 18.2 Å². The van der Waals surface area contributed by atoms with Gasteiger partial charge in [-0.2, -0.15) is 0 Å². The summed E-state index contributed by atoms with van der Waals surface area (Å²) in [5, 5.41) is 0. The van der Waals surface area contributed by atoms with Crippen molar-refractivity contribution in [1.29, 1.82) is 0 Å². The van der Waals surface area contributed by atoms with E-state index in [-0.39, 0.29) is 11.7 Å². The molecule has 2 heterocycles. The number of ether oxygens (including phenoxy) is 1. The van der Waals surface area contributed by atoms with Crippen LogP contribution in [0.15, 0.2) is 24.3 Å². The highest BCUT2D eigenvalue weighted by Crippen LogP contribution is 2.17. The molecule has 1 unspecified atom stereocenters. The van der Waals surface area contributed by atoms with Gasteiger partial charge in [-0.25, -0.2) is 4.39 Å². The number of hydrogen-bond donors (Lipinski definition) is 0. The normalized spacial score (nSPS) is 23.8. The van der Waals surface area contributed by atoms with Gasteiger partial charge >= 0.3 is 0 Å². The van der Waals surface area contributed by atoms with Gasteiger partial charge < -0.3 is 9.64 Å². The van der Waals surface area contributed by atoms with Gasteiger partial charge in [0.1, 0.15) is 5.82 Å². The molecule has 1 aromatic rings. The first kappa shape index (κ1) is 15.4. The van der Waals surface area contributed by atoms with Crippen LogP contribution in [0.3, 0.4) is 0 Å². The minimum absolute atomic E-state index is 0.0891. The standard InChI is InChI=1S/C17H23FN2O2/c18-16-6-2-1-5-15(16)11-20-8-7-19(12-17(20)21)10-14-4-3-9-22-13-14/h1-2,5-6,14H,3-4,7-13H2. The zero-order chi connectivity index (χ0) is 15.4. The van der Waals surface area contributed by atoms with Crippen LogP contribution < -0.4 is 0 Å². The summed E-state index contributed by atoms with van der Waals surface area (Å²) < 4.78 is 19.2. The van der Waals surface area contributed by atoms with Crippen molar-refractivity contribution >= 4 is 5.91 Å². The highest BCUT2D eigenvalue weighted by Gasteiger charge is 2.26. The fourth-order valence-electron chi connectivity index (χ4n) is 3.23. The molecule has 5 heteroatoms. The molecule has 1 aromatic carbocycles. The number of amides is 1. The van der Waals surface area contributed by atoms with Crippen LogP contribution in [0.2, 0.25) is 0 Å². The Bertz CT molecular complexity index is 517. The lowest BCUT2D eigenvalue weighted by Crippen LogP contribution is -2.51. The Kier molecular flexibility index (Phi) is 5.05. The van der Waals surface area contributed by atoms with E-state index < -0.39 is 0 Å². The summed E-state index contributed by atoms with van der Waals surface area (Å²) in [4.78, 5) is 16.3. The molecule has 0 aromatic heterocycles. The Balaban J connectivity index is 1.51. The Morgan fingerprint density at radius 3 is 2.86 bits per heavy atom. The number of carbonyl (C=O) groups is 1. The van der Waals surface area contributed by atoms with Gasteiger partial charge in [-0.05, 0) is 24.8 Å². The molecule has 2 fully saturated rings. The largest absolute Gasteiger partial charge is 0.381 e. The maximum Gasteiger partial charge on any atom is 0.237 e. The maximum absolute atomic E-state index is 13.7. The van der Waals surface area contributed by atoms with E-state index in [1.54, 1.807) is 17.0 Å². The molecule has 2 aliphatic rings. The number of piperazine rings is 1. The lowest BCUT2D eigenvalue weighted by atomic mass is 10.0. The summed E-state index contributed by atoms with van der Waals surface area (Å²) >= 11 is 0. The smallest absolute Gasteiger partial charge is 0.237 e. The topological polar surface area (TPSA) is 32.8 Å². The minimum atomic E-state index is -0.239. The molecule has 1 atom stereocenters. The van der Waals surface area contributed by atoms with Gasteiger partial charge in [0.25, 0.3) is 0 Å². The Morgan fingerprint density at radius 2 is 2.14 bits per heavy atom. The third-order valence-electron chi connectivity index (χ3n) is 4.49. The van der Waals surface area contributed by atoms with Crippen LogP contribution >= 0.6 is 0 Å². The van der Waals surface area contributed by atoms with Gasteiger partial charge in [0.2, 0.25) is 5.91 Å². The molecule has 0 saturated carbocycles. The van der Waals surface area contributed by atoms with E-state index in [9.17, 15) is 9.18 Å². The lowest BCUT2D eigenvalue weighted by molar-refractivity contribution is -0.137.